The molecule has 2 N–H and O–H groups in total. The summed E-state index contributed by atoms with van der Waals surface area (Å²) in [7, 11) is 1.85. The summed E-state index contributed by atoms with van der Waals surface area (Å²) >= 11 is 0. The monoisotopic (exact) mass is 384 g/mol. The van der Waals surface area contributed by atoms with Crippen LogP contribution in [0.3, 0.4) is 0 Å². The minimum absolute atomic E-state index is 0. The number of nitrogens with zero attached hydrogens (tertiary/aromatic N) is 2. The maximum atomic E-state index is 12.0. The van der Waals surface area contributed by atoms with Crippen molar-refractivity contribution in [3.63, 3.8) is 0 Å². The molecule has 5 nitrogen and oxygen atoms in total. The van der Waals surface area contributed by atoms with Crippen LogP contribution in [0.4, 0.5) is 5.69 Å². The quantitative estimate of drug-likeness (QED) is 0.828. The number of aromatic nitrogens is 2. The second-order valence-corrected chi connectivity index (χ2v) is 6.22. The number of imidazole rings is 1. The van der Waals surface area contributed by atoms with Crippen molar-refractivity contribution in [2.75, 3.05) is 18.9 Å². The van der Waals surface area contributed by atoms with Crippen molar-refractivity contribution in [3.8, 4) is 11.3 Å². The summed E-state index contributed by atoms with van der Waals surface area (Å²) in [5.41, 5.74) is 2.93. The van der Waals surface area contributed by atoms with Crippen molar-refractivity contribution >= 4 is 36.4 Å². The van der Waals surface area contributed by atoms with Crippen molar-refractivity contribution < 1.29 is 4.79 Å². The molecular weight excluding hydrogens is 359 g/mol. The Morgan fingerprint density at radius 2 is 1.96 bits per heavy atom. The largest absolute Gasteiger partial charge is 0.334 e. The van der Waals surface area contributed by atoms with Gasteiger partial charge in [-0.1, -0.05) is 19.1 Å². The van der Waals surface area contributed by atoms with E-state index in [0.29, 0.717) is 6.54 Å². The average Bonchev–Trinajstić information content (AvgIpc) is 2.99. The molecule has 0 bridgehead atoms. The van der Waals surface area contributed by atoms with E-state index in [1.807, 2.05) is 38.2 Å². The van der Waals surface area contributed by atoms with Gasteiger partial charge in [-0.05, 0) is 32.0 Å². The number of anilines is 1. The van der Waals surface area contributed by atoms with E-state index in [4.69, 9.17) is 4.98 Å². The van der Waals surface area contributed by atoms with E-state index < -0.39 is 0 Å². The van der Waals surface area contributed by atoms with Crippen molar-refractivity contribution in [2.24, 2.45) is 5.92 Å². The number of hydrogen-bond acceptors (Lipinski definition) is 3. The average molecular weight is 385 g/mol. The Balaban J connectivity index is 0.00000156. The molecule has 1 amide bonds. The molecule has 1 unspecified atom stereocenters. The highest BCUT2D eigenvalue weighted by Gasteiger charge is 2.14. The van der Waals surface area contributed by atoms with Gasteiger partial charge >= 0.3 is 0 Å². The van der Waals surface area contributed by atoms with Crippen LogP contribution in [0.15, 0.2) is 30.5 Å². The number of benzene rings is 1. The van der Waals surface area contributed by atoms with Gasteiger partial charge in [-0.2, -0.15) is 0 Å². The first kappa shape index (κ1) is 21.5. The highest BCUT2D eigenvalue weighted by Crippen LogP contribution is 2.24. The van der Waals surface area contributed by atoms with Crippen LogP contribution in [-0.2, 0) is 17.8 Å². The van der Waals surface area contributed by atoms with Gasteiger partial charge in [0.1, 0.15) is 5.82 Å². The van der Waals surface area contributed by atoms with Crippen molar-refractivity contribution in [1.29, 1.82) is 0 Å². The highest BCUT2D eigenvalue weighted by atomic mass is 35.5. The number of fused-ring (bicyclic) bond motifs is 1. The van der Waals surface area contributed by atoms with Gasteiger partial charge in [0.2, 0.25) is 5.91 Å². The summed E-state index contributed by atoms with van der Waals surface area (Å²) in [4.78, 5) is 16.8. The Kier molecular flexibility index (Phi) is 8.42. The van der Waals surface area contributed by atoms with Crippen LogP contribution in [0, 0.1) is 5.92 Å². The summed E-state index contributed by atoms with van der Waals surface area (Å²) in [6.07, 6.45) is 5.67. The third kappa shape index (κ3) is 5.21. The predicted molar refractivity (Wildman–Crippen MR) is 107 cm³/mol. The van der Waals surface area contributed by atoms with Crippen LogP contribution in [0.25, 0.3) is 11.3 Å². The second-order valence-electron chi connectivity index (χ2n) is 6.22. The van der Waals surface area contributed by atoms with Crippen LogP contribution in [0.2, 0.25) is 0 Å². The molecule has 1 aliphatic rings. The van der Waals surface area contributed by atoms with Crippen LogP contribution in [0.1, 0.15) is 25.6 Å². The minimum atomic E-state index is -0.0560. The van der Waals surface area contributed by atoms with E-state index in [9.17, 15) is 4.79 Å². The van der Waals surface area contributed by atoms with Crippen LogP contribution >= 0.6 is 24.8 Å². The molecule has 2 aromatic rings. The number of nitrogens with one attached hydrogen (secondary N) is 2. The zero-order chi connectivity index (χ0) is 16.2. The molecule has 138 valence electrons. The molecule has 3 rings (SSSR count). The van der Waals surface area contributed by atoms with Crippen molar-refractivity contribution in [2.45, 2.75) is 32.7 Å². The van der Waals surface area contributed by atoms with Crippen molar-refractivity contribution in [1.82, 2.24) is 14.9 Å². The molecule has 0 spiro atoms. The smallest absolute Gasteiger partial charge is 0.228 e. The van der Waals surface area contributed by atoms with E-state index in [1.54, 1.807) is 0 Å². The number of rotatable bonds is 5. The van der Waals surface area contributed by atoms with Gasteiger partial charge in [0.05, 0.1) is 5.69 Å². The Labute approximate surface area is 161 Å². The fourth-order valence-electron chi connectivity index (χ4n) is 2.94. The normalized spacial score (nSPS) is 13.8. The van der Waals surface area contributed by atoms with Gasteiger partial charge in [0.15, 0.2) is 0 Å². The molecule has 25 heavy (non-hydrogen) atoms. The molecule has 0 saturated carbocycles. The van der Waals surface area contributed by atoms with E-state index >= 15 is 0 Å². The lowest BCUT2D eigenvalue weighted by atomic mass is 10.1. The topological polar surface area (TPSA) is 59.0 Å². The van der Waals surface area contributed by atoms with Gasteiger partial charge in [0.25, 0.3) is 0 Å². The summed E-state index contributed by atoms with van der Waals surface area (Å²) in [6.45, 7) is 3.65. The van der Waals surface area contributed by atoms with Gasteiger partial charge in [0, 0.05) is 42.9 Å². The first-order valence-corrected chi connectivity index (χ1v) is 8.29. The van der Waals surface area contributed by atoms with Gasteiger partial charge < -0.3 is 15.2 Å². The third-order valence-electron chi connectivity index (χ3n) is 4.31. The Bertz CT molecular complexity index is 661. The molecule has 1 aromatic carbocycles. The third-order valence-corrected chi connectivity index (χ3v) is 4.31. The SMILES string of the molecule is CNCC(C)C(=O)Nc1ccc(-c2cn3c(n2)CCCC3)cc1.Cl.Cl. The first-order chi connectivity index (χ1) is 11.2. The molecule has 1 atom stereocenters. The van der Waals surface area contributed by atoms with Crippen LogP contribution < -0.4 is 10.6 Å². The lowest BCUT2D eigenvalue weighted by Crippen LogP contribution is -2.28. The van der Waals surface area contributed by atoms with Crippen molar-refractivity contribution in [3.05, 3.63) is 36.3 Å². The van der Waals surface area contributed by atoms with E-state index in [-0.39, 0.29) is 36.6 Å². The molecule has 2 heterocycles. The maximum absolute atomic E-state index is 12.0. The molecule has 0 radical (unpaired) electrons. The Hall–Kier alpha value is -1.56. The molecule has 0 fully saturated rings. The molecule has 1 aliphatic heterocycles. The highest BCUT2D eigenvalue weighted by molar-refractivity contribution is 5.92. The minimum Gasteiger partial charge on any atom is -0.334 e. The lowest BCUT2D eigenvalue weighted by Gasteiger charge is -2.11. The molecule has 7 heteroatoms. The molecule has 1 aromatic heterocycles. The summed E-state index contributed by atoms with van der Waals surface area (Å²) in [5, 5.41) is 5.97. The zero-order valence-corrected chi connectivity index (χ0v) is 16.3. The van der Waals surface area contributed by atoms with Gasteiger partial charge in [-0.3, -0.25) is 4.79 Å². The van der Waals surface area contributed by atoms with E-state index in [0.717, 1.165) is 29.9 Å². The Morgan fingerprint density at radius 1 is 1.24 bits per heavy atom. The number of aryl methyl sites for hydroxylation is 2. The summed E-state index contributed by atoms with van der Waals surface area (Å²) < 4.78 is 2.26. The van der Waals surface area contributed by atoms with Gasteiger partial charge in [-0.25, -0.2) is 4.98 Å². The molecular formula is C18H26Cl2N4O. The number of amides is 1. The Morgan fingerprint density at radius 3 is 2.60 bits per heavy atom. The summed E-state index contributed by atoms with van der Waals surface area (Å²) in [5.74, 6) is 1.16. The van der Waals surface area contributed by atoms with E-state index in [1.165, 1.54) is 18.7 Å². The van der Waals surface area contributed by atoms with Crippen LogP contribution in [0.5, 0.6) is 0 Å². The number of halogens is 2. The lowest BCUT2D eigenvalue weighted by molar-refractivity contribution is -0.119. The number of carbonyl (C=O) groups excluding carboxylic acids is 1. The fourth-order valence-corrected chi connectivity index (χ4v) is 2.94. The summed E-state index contributed by atoms with van der Waals surface area (Å²) in [6, 6.07) is 7.93. The standard InChI is InChI=1S/C18H24N4O.2ClH/c1-13(11-19-2)18(23)20-15-8-6-14(7-9-15)16-12-22-10-4-3-5-17(22)21-16;;/h6-9,12-13,19H,3-5,10-11H2,1-2H3,(H,20,23);2*1H. The second kappa shape index (κ2) is 9.80. The predicted octanol–water partition coefficient (Wildman–Crippen LogP) is 3.52. The molecule has 0 saturated heterocycles. The van der Waals surface area contributed by atoms with Gasteiger partial charge in [-0.15, -0.1) is 24.8 Å². The van der Waals surface area contributed by atoms with Crippen LogP contribution in [-0.4, -0.2) is 29.1 Å². The first-order valence-electron chi connectivity index (χ1n) is 8.29. The zero-order valence-electron chi connectivity index (χ0n) is 14.6. The maximum Gasteiger partial charge on any atom is 0.228 e. The molecule has 0 aliphatic carbocycles. The van der Waals surface area contributed by atoms with E-state index in [2.05, 4.69) is 21.4 Å². The number of carbonyl (C=O) groups is 1. The fraction of sp³-hybridized carbons (Fsp3) is 0.444. The number of hydrogen-bond donors (Lipinski definition) is 2.